The molecule has 0 unspecified atom stereocenters. The quantitative estimate of drug-likeness (QED) is 0.244. The topological polar surface area (TPSA) is 20.2 Å². The maximum Gasteiger partial charge on any atom is 0.123 e. The van der Waals surface area contributed by atoms with E-state index in [2.05, 4.69) is 145 Å². The first-order chi connectivity index (χ1) is 16.5. The van der Waals surface area contributed by atoms with Crippen molar-refractivity contribution >= 4 is 40.2 Å². The highest BCUT2D eigenvalue weighted by Crippen LogP contribution is 2.58. The lowest BCUT2D eigenvalue weighted by atomic mass is 9.78. The molecule has 0 spiro atoms. The van der Waals surface area contributed by atoms with Crippen molar-refractivity contribution in [2.45, 2.75) is 58.5 Å². The van der Waals surface area contributed by atoms with Gasteiger partial charge in [0.2, 0.25) is 0 Å². The summed E-state index contributed by atoms with van der Waals surface area (Å²) in [6.07, 6.45) is 0.900. The van der Waals surface area contributed by atoms with Crippen molar-refractivity contribution in [2.24, 2.45) is 0 Å². The third-order valence-electron chi connectivity index (χ3n) is 6.80. The Labute approximate surface area is 228 Å². The fourth-order valence-electron chi connectivity index (χ4n) is 4.97. The summed E-state index contributed by atoms with van der Waals surface area (Å²) in [5, 5.41) is 15.5. The first-order valence-corrected chi connectivity index (χ1v) is 14.4. The van der Waals surface area contributed by atoms with E-state index in [1.807, 2.05) is 0 Å². The van der Waals surface area contributed by atoms with Crippen molar-refractivity contribution in [3.63, 3.8) is 0 Å². The predicted octanol–water partition coefficient (Wildman–Crippen LogP) is 8.06. The van der Waals surface area contributed by atoms with E-state index in [9.17, 15) is 5.11 Å². The Morgan fingerprint density at radius 3 is 1.14 bits per heavy atom. The van der Waals surface area contributed by atoms with Crippen molar-refractivity contribution in [1.29, 1.82) is 0 Å². The van der Waals surface area contributed by atoms with Crippen LogP contribution in [0.3, 0.4) is 0 Å². The number of benzene rings is 4. The summed E-state index contributed by atoms with van der Waals surface area (Å²) < 4.78 is 0. The third-order valence-corrected chi connectivity index (χ3v) is 11.2. The maximum absolute atomic E-state index is 11.3. The van der Waals surface area contributed by atoms with Gasteiger partial charge in [0.15, 0.2) is 0 Å². The van der Waals surface area contributed by atoms with Crippen LogP contribution >= 0.6 is 24.2 Å². The Balaban J connectivity index is 0.00000361. The van der Waals surface area contributed by atoms with E-state index in [-0.39, 0.29) is 27.8 Å². The number of halogens is 1. The van der Waals surface area contributed by atoms with E-state index < -0.39 is 7.26 Å². The van der Waals surface area contributed by atoms with Crippen LogP contribution in [0, 0.1) is 0 Å². The minimum absolute atomic E-state index is 0. The van der Waals surface area contributed by atoms with Crippen molar-refractivity contribution in [3.8, 4) is 5.75 Å². The monoisotopic (exact) mass is 561 g/mol. The molecule has 0 aliphatic carbocycles. The third kappa shape index (κ3) is 5.61. The number of aromatic hydroxyl groups is 1. The van der Waals surface area contributed by atoms with E-state index in [0.717, 1.165) is 17.3 Å². The van der Waals surface area contributed by atoms with Crippen LogP contribution in [0.2, 0.25) is 0 Å². The molecular weight excluding hydrogens is 523 g/mol. The first kappa shape index (κ1) is 28.2. The van der Waals surface area contributed by atoms with Crippen LogP contribution in [-0.2, 0) is 17.0 Å². The number of phenols is 1. The SMILES string of the molecule is Br.CC(C)(C)c1cc(C[P+](c2ccccc2)(c2ccccc2)c2ccccc2)cc(C(C)(C)C)c1O. The second-order valence-electron chi connectivity index (χ2n) is 11.5. The van der Waals surface area contributed by atoms with Crippen molar-refractivity contribution in [2.75, 3.05) is 0 Å². The lowest BCUT2D eigenvalue weighted by Crippen LogP contribution is -2.32. The molecule has 1 N–H and O–H groups in total. The Morgan fingerprint density at radius 2 is 0.861 bits per heavy atom. The zero-order valence-electron chi connectivity index (χ0n) is 22.3. The van der Waals surface area contributed by atoms with E-state index in [1.54, 1.807) is 0 Å². The molecule has 0 saturated carbocycles. The summed E-state index contributed by atoms with van der Waals surface area (Å²) in [4.78, 5) is 0. The van der Waals surface area contributed by atoms with Crippen LogP contribution in [0.4, 0.5) is 0 Å². The highest BCUT2D eigenvalue weighted by Gasteiger charge is 2.45. The molecule has 0 amide bonds. The molecule has 0 fully saturated rings. The second kappa shape index (κ2) is 10.9. The van der Waals surface area contributed by atoms with Gasteiger partial charge in [-0.25, -0.2) is 0 Å². The van der Waals surface area contributed by atoms with Gasteiger partial charge in [-0.1, -0.05) is 96.1 Å². The first-order valence-electron chi connectivity index (χ1n) is 12.5. The highest BCUT2D eigenvalue weighted by molar-refractivity contribution is 8.93. The summed E-state index contributed by atoms with van der Waals surface area (Å²) in [6.45, 7) is 13.1. The Morgan fingerprint density at radius 1 is 0.556 bits per heavy atom. The highest BCUT2D eigenvalue weighted by atomic mass is 79.9. The fraction of sp³-hybridized carbons (Fsp3) is 0.273. The van der Waals surface area contributed by atoms with Gasteiger partial charge in [0.1, 0.15) is 28.9 Å². The average molecular weight is 563 g/mol. The van der Waals surface area contributed by atoms with E-state index in [4.69, 9.17) is 0 Å². The standard InChI is InChI=1S/C33H37OP.BrH/c1-32(2,3)29-22-25(23-30(31(29)34)33(4,5)6)24-35(26-16-10-7-11-17-26,27-18-12-8-13-19-27)28-20-14-9-15-21-28;/h7-23H,24H2,1-6H3;1H/p+1. The smallest absolute Gasteiger partial charge is 0.123 e. The van der Waals surface area contributed by atoms with Gasteiger partial charge < -0.3 is 5.11 Å². The molecule has 0 saturated heterocycles. The molecule has 0 aromatic heterocycles. The van der Waals surface area contributed by atoms with Gasteiger partial charge in [-0.3, -0.25) is 0 Å². The molecule has 1 nitrogen and oxygen atoms in total. The van der Waals surface area contributed by atoms with Crippen molar-refractivity contribution in [1.82, 2.24) is 0 Å². The normalized spacial score (nSPS) is 12.2. The van der Waals surface area contributed by atoms with Gasteiger partial charge in [-0.15, -0.1) is 17.0 Å². The number of hydrogen-bond donors (Lipinski definition) is 1. The van der Waals surface area contributed by atoms with Gasteiger partial charge in [0.05, 0.1) is 6.16 Å². The van der Waals surface area contributed by atoms with E-state index in [0.29, 0.717) is 5.75 Å². The molecule has 0 radical (unpaired) electrons. The largest absolute Gasteiger partial charge is 0.507 e. The lowest BCUT2D eigenvalue weighted by molar-refractivity contribution is 0.423. The average Bonchev–Trinajstić information content (AvgIpc) is 2.83. The van der Waals surface area contributed by atoms with Crippen LogP contribution < -0.4 is 15.9 Å². The molecule has 0 bridgehead atoms. The molecule has 4 aromatic rings. The van der Waals surface area contributed by atoms with Crippen molar-refractivity contribution in [3.05, 3.63) is 120 Å². The number of rotatable bonds is 5. The van der Waals surface area contributed by atoms with Crippen LogP contribution in [-0.4, -0.2) is 5.11 Å². The van der Waals surface area contributed by atoms with Crippen LogP contribution in [0.5, 0.6) is 5.75 Å². The van der Waals surface area contributed by atoms with Gasteiger partial charge in [-0.2, -0.15) is 0 Å². The molecular formula is C33H39BrOP+. The summed E-state index contributed by atoms with van der Waals surface area (Å²) in [7, 11) is -2.02. The van der Waals surface area contributed by atoms with E-state index >= 15 is 0 Å². The van der Waals surface area contributed by atoms with Crippen LogP contribution in [0.1, 0.15) is 58.2 Å². The summed E-state index contributed by atoms with van der Waals surface area (Å²) in [6, 6.07) is 37.6. The molecule has 0 heterocycles. The van der Waals surface area contributed by atoms with Gasteiger partial charge in [0, 0.05) is 0 Å². The molecule has 36 heavy (non-hydrogen) atoms. The zero-order valence-corrected chi connectivity index (χ0v) is 24.9. The molecule has 4 aromatic carbocycles. The molecule has 0 atom stereocenters. The van der Waals surface area contributed by atoms with Gasteiger partial charge >= 0.3 is 0 Å². The lowest BCUT2D eigenvalue weighted by Gasteiger charge is -2.31. The predicted molar refractivity (Wildman–Crippen MR) is 165 cm³/mol. The van der Waals surface area contributed by atoms with Gasteiger partial charge in [0.25, 0.3) is 0 Å². The number of phenolic OH excluding ortho intramolecular Hbond substituents is 1. The summed E-state index contributed by atoms with van der Waals surface area (Å²) in [5.41, 5.74) is 3.00. The van der Waals surface area contributed by atoms with Crippen LogP contribution in [0.25, 0.3) is 0 Å². The second-order valence-corrected chi connectivity index (χ2v) is 15.0. The Hall–Kier alpha value is -2.41. The van der Waals surface area contributed by atoms with E-state index in [1.165, 1.54) is 21.5 Å². The summed E-state index contributed by atoms with van der Waals surface area (Å²) >= 11 is 0. The molecule has 4 rings (SSSR count). The van der Waals surface area contributed by atoms with Gasteiger partial charge in [-0.05, 0) is 76.1 Å². The summed E-state index contributed by atoms with van der Waals surface area (Å²) in [5.74, 6) is 0.441. The Bertz CT molecular complexity index is 1140. The minimum Gasteiger partial charge on any atom is -0.507 e. The molecule has 188 valence electrons. The minimum atomic E-state index is -2.02. The zero-order chi connectivity index (χ0) is 25.3. The van der Waals surface area contributed by atoms with Crippen molar-refractivity contribution < 1.29 is 5.11 Å². The molecule has 0 aliphatic rings. The maximum atomic E-state index is 11.3. The number of hydrogen-bond acceptors (Lipinski definition) is 1. The molecule has 0 aliphatic heterocycles. The Kier molecular flexibility index (Phi) is 8.54. The fourth-order valence-corrected chi connectivity index (χ4v) is 9.19. The molecule has 3 heteroatoms. The van der Waals surface area contributed by atoms with Crippen LogP contribution in [0.15, 0.2) is 103 Å².